The molecule has 1 heterocycles. The number of ether oxygens (including phenoxy) is 1. The van der Waals surface area contributed by atoms with E-state index >= 15 is 0 Å². The smallest absolute Gasteiger partial charge is 0.432 e. The monoisotopic (exact) mass is 449 g/mol. The van der Waals surface area contributed by atoms with Crippen molar-refractivity contribution in [2.24, 2.45) is 7.05 Å². The topological polar surface area (TPSA) is 77.0 Å². The second-order valence-electron chi connectivity index (χ2n) is 6.28. The molecule has 0 bridgehead atoms. The molecule has 0 fully saturated rings. The summed E-state index contributed by atoms with van der Waals surface area (Å²) in [5, 5.41) is 9.25. The van der Waals surface area contributed by atoms with Gasteiger partial charge in [-0.3, -0.25) is 9.36 Å². The molecule has 0 saturated heterocycles. The average molecular weight is 449 g/mol. The summed E-state index contributed by atoms with van der Waals surface area (Å²) in [6, 6.07) is 11.5. The SMILES string of the molecule is CC.Cc1c(C(F)(F)F)n(C)c(=O)n(-c2cc(Oc3ccccc3)c(C#N)cc2F)c1=O. The Morgan fingerprint density at radius 2 is 1.66 bits per heavy atom. The molecule has 0 atom stereocenters. The van der Waals surface area contributed by atoms with Crippen LogP contribution in [0.4, 0.5) is 17.6 Å². The molecule has 0 aliphatic rings. The fraction of sp³-hybridized carbons (Fsp3) is 0.227. The van der Waals surface area contributed by atoms with Gasteiger partial charge in [0.25, 0.3) is 5.56 Å². The summed E-state index contributed by atoms with van der Waals surface area (Å²) in [4.78, 5) is 25.1. The number of nitrogens with zero attached hydrogens (tertiary/aromatic N) is 3. The molecule has 168 valence electrons. The van der Waals surface area contributed by atoms with Gasteiger partial charge in [0.15, 0.2) is 0 Å². The van der Waals surface area contributed by atoms with Crippen molar-refractivity contribution in [1.82, 2.24) is 9.13 Å². The average Bonchev–Trinajstić information content (AvgIpc) is 2.75. The maximum atomic E-state index is 14.7. The highest BCUT2D eigenvalue weighted by Gasteiger charge is 2.38. The molecular formula is C22H19F4N3O3. The first kappa shape index (κ1) is 24.4. The van der Waals surface area contributed by atoms with Crippen LogP contribution in [0, 0.1) is 24.1 Å². The van der Waals surface area contributed by atoms with Gasteiger partial charge in [0.2, 0.25) is 0 Å². The first-order chi connectivity index (χ1) is 15.1. The quantitative estimate of drug-likeness (QED) is 0.544. The van der Waals surface area contributed by atoms with E-state index in [2.05, 4.69) is 0 Å². The molecule has 0 aliphatic heterocycles. The predicted molar refractivity (Wildman–Crippen MR) is 110 cm³/mol. The third-order valence-corrected chi connectivity index (χ3v) is 4.34. The third-order valence-electron chi connectivity index (χ3n) is 4.34. The molecule has 10 heteroatoms. The molecule has 0 N–H and O–H groups in total. The van der Waals surface area contributed by atoms with E-state index in [0.717, 1.165) is 26.1 Å². The van der Waals surface area contributed by atoms with Gasteiger partial charge in [0.1, 0.15) is 29.1 Å². The van der Waals surface area contributed by atoms with E-state index in [1.165, 1.54) is 0 Å². The highest BCUT2D eigenvalue weighted by molar-refractivity contribution is 5.53. The van der Waals surface area contributed by atoms with Gasteiger partial charge in [-0.05, 0) is 25.1 Å². The number of hydrogen-bond donors (Lipinski definition) is 0. The lowest BCUT2D eigenvalue weighted by Crippen LogP contribution is -2.43. The molecule has 3 rings (SSSR count). The summed E-state index contributed by atoms with van der Waals surface area (Å²) in [7, 11) is 0.830. The van der Waals surface area contributed by atoms with E-state index in [9.17, 15) is 32.4 Å². The molecule has 0 unspecified atom stereocenters. The van der Waals surface area contributed by atoms with Gasteiger partial charge in [-0.15, -0.1) is 0 Å². The molecular weight excluding hydrogens is 430 g/mol. The summed E-state index contributed by atoms with van der Waals surface area (Å²) in [6.07, 6.45) is -4.96. The molecule has 0 saturated carbocycles. The number of rotatable bonds is 3. The fourth-order valence-electron chi connectivity index (χ4n) is 2.97. The summed E-state index contributed by atoms with van der Waals surface area (Å²) in [5.74, 6) is -1.03. The van der Waals surface area contributed by atoms with Crippen LogP contribution < -0.4 is 16.0 Å². The zero-order valence-electron chi connectivity index (χ0n) is 17.6. The van der Waals surface area contributed by atoms with E-state index in [1.54, 1.807) is 36.4 Å². The normalized spacial score (nSPS) is 10.7. The fourth-order valence-corrected chi connectivity index (χ4v) is 2.97. The number of halogens is 4. The van der Waals surface area contributed by atoms with Gasteiger partial charge in [-0.2, -0.15) is 18.4 Å². The van der Waals surface area contributed by atoms with Crippen LogP contribution in [0.25, 0.3) is 5.69 Å². The first-order valence-electron chi connectivity index (χ1n) is 9.43. The van der Waals surface area contributed by atoms with Crippen molar-refractivity contribution >= 4 is 0 Å². The van der Waals surface area contributed by atoms with Crippen molar-refractivity contribution in [3.8, 4) is 23.3 Å². The number of nitriles is 1. The zero-order chi connectivity index (χ0) is 24.2. The molecule has 0 radical (unpaired) electrons. The Morgan fingerprint density at radius 1 is 1.06 bits per heavy atom. The minimum atomic E-state index is -4.96. The van der Waals surface area contributed by atoms with E-state index in [-0.39, 0.29) is 26.2 Å². The third kappa shape index (κ3) is 4.56. The lowest BCUT2D eigenvalue weighted by Gasteiger charge is -2.18. The number of aromatic nitrogens is 2. The van der Waals surface area contributed by atoms with E-state index in [4.69, 9.17) is 4.74 Å². The molecule has 6 nitrogen and oxygen atoms in total. The van der Waals surface area contributed by atoms with E-state index < -0.39 is 40.2 Å². The van der Waals surface area contributed by atoms with Crippen LogP contribution in [-0.4, -0.2) is 9.13 Å². The highest BCUT2D eigenvalue weighted by Crippen LogP contribution is 2.31. The van der Waals surface area contributed by atoms with Crippen molar-refractivity contribution in [3.63, 3.8) is 0 Å². The summed E-state index contributed by atoms with van der Waals surface area (Å²) in [6.45, 7) is 4.89. The Hall–Kier alpha value is -3.87. The summed E-state index contributed by atoms with van der Waals surface area (Å²) >= 11 is 0. The van der Waals surface area contributed by atoms with Crippen molar-refractivity contribution in [1.29, 1.82) is 5.26 Å². The standard InChI is InChI=1S/C20H13F4N3O3.C2H6/c1-11-17(20(22,23)24)26(2)19(29)27(18(11)28)15-9-16(12(10-25)8-14(15)21)30-13-6-4-3-5-7-13;1-2/h3-9H,1-2H3;1-2H3. The minimum Gasteiger partial charge on any atom is -0.456 e. The molecule has 2 aromatic carbocycles. The molecule has 0 amide bonds. The van der Waals surface area contributed by atoms with Crippen molar-refractivity contribution in [2.75, 3.05) is 0 Å². The number of alkyl halides is 3. The van der Waals surface area contributed by atoms with Gasteiger partial charge >= 0.3 is 11.9 Å². The van der Waals surface area contributed by atoms with Crippen LogP contribution in [0.15, 0.2) is 52.1 Å². The van der Waals surface area contributed by atoms with Gasteiger partial charge in [0.05, 0.1) is 11.3 Å². The molecule has 1 aromatic heterocycles. The molecule has 0 spiro atoms. The zero-order valence-corrected chi connectivity index (χ0v) is 17.6. The Labute approximate surface area is 180 Å². The Morgan fingerprint density at radius 3 is 2.19 bits per heavy atom. The van der Waals surface area contributed by atoms with E-state index in [1.807, 2.05) is 13.8 Å². The number of para-hydroxylation sites is 1. The lowest BCUT2D eigenvalue weighted by atomic mass is 10.1. The van der Waals surface area contributed by atoms with E-state index in [0.29, 0.717) is 0 Å². The molecule has 32 heavy (non-hydrogen) atoms. The predicted octanol–water partition coefficient (Wildman–Crippen LogP) is 4.69. The van der Waals surface area contributed by atoms with Crippen LogP contribution in [0.5, 0.6) is 11.5 Å². The van der Waals surface area contributed by atoms with Gasteiger partial charge < -0.3 is 4.74 Å². The van der Waals surface area contributed by atoms with Crippen LogP contribution in [-0.2, 0) is 13.2 Å². The Balaban J connectivity index is 0.00000176. The summed E-state index contributed by atoms with van der Waals surface area (Å²) < 4.78 is 60.5. The van der Waals surface area contributed by atoms with Crippen LogP contribution in [0.1, 0.15) is 30.7 Å². The van der Waals surface area contributed by atoms with Crippen LogP contribution >= 0.6 is 0 Å². The number of hydrogen-bond acceptors (Lipinski definition) is 4. The summed E-state index contributed by atoms with van der Waals surface area (Å²) in [5.41, 5.74) is -5.80. The Kier molecular flexibility index (Phi) is 7.25. The molecule has 0 aliphatic carbocycles. The molecule has 3 aromatic rings. The maximum Gasteiger partial charge on any atom is 0.432 e. The second-order valence-corrected chi connectivity index (χ2v) is 6.28. The van der Waals surface area contributed by atoms with Gasteiger partial charge in [-0.25, -0.2) is 13.8 Å². The largest absolute Gasteiger partial charge is 0.456 e. The number of benzene rings is 2. The Bertz CT molecular complexity index is 1250. The van der Waals surface area contributed by atoms with Crippen LogP contribution in [0.3, 0.4) is 0 Å². The minimum absolute atomic E-state index is 0.174. The van der Waals surface area contributed by atoms with Crippen molar-refractivity contribution in [2.45, 2.75) is 26.9 Å². The van der Waals surface area contributed by atoms with Crippen LogP contribution in [0.2, 0.25) is 0 Å². The first-order valence-corrected chi connectivity index (χ1v) is 9.43. The van der Waals surface area contributed by atoms with Gasteiger partial charge in [0, 0.05) is 18.7 Å². The van der Waals surface area contributed by atoms with Crippen molar-refractivity contribution in [3.05, 3.63) is 85.9 Å². The van der Waals surface area contributed by atoms with Crippen molar-refractivity contribution < 1.29 is 22.3 Å². The second kappa shape index (κ2) is 9.51. The lowest BCUT2D eigenvalue weighted by molar-refractivity contribution is -0.144. The highest BCUT2D eigenvalue weighted by atomic mass is 19.4. The maximum absolute atomic E-state index is 14.7. The van der Waals surface area contributed by atoms with Gasteiger partial charge in [-0.1, -0.05) is 32.0 Å².